The van der Waals surface area contributed by atoms with Crippen molar-refractivity contribution in [2.75, 3.05) is 26.2 Å². The Morgan fingerprint density at radius 3 is 2.43 bits per heavy atom. The maximum atomic E-state index is 13.2. The van der Waals surface area contributed by atoms with E-state index in [1.807, 2.05) is 47.1 Å². The van der Waals surface area contributed by atoms with Crippen LogP contribution in [-0.4, -0.2) is 47.8 Å². The zero-order valence-corrected chi connectivity index (χ0v) is 16.9. The van der Waals surface area contributed by atoms with Crippen LogP contribution in [0.2, 0.25) is 0 Å². The van der Waals surface area contributed by atoms with Gasteiger partial charge in [-0.25, -0.2) is 0 Å². The van der Waals surface area contributed by atoms with Crippen molar-refractivity contribution in [2.24, 2.45) is 5.92 Å². The lowest BCUT2D eigenvalue weighted by molar-refractivity contribution is -0.135. The Kier molecular flexibility index (Phi) is 6.85. The summed E-state index contributed by atoms with van der Waals surface area (Å²) in [5.74, 6) is 0.109. The summed E-state index contributed by atoms with van der Waals surface area (Å²) in [6.45, 7) is 6.51. The predicted molar refractivity (Wildman–Crippen MR) is 113 cm³/mol. The van der Waals surface area contributed by atoms with E-state index < -0.39 is 0 Å². The highest BCUT2D eigenvalue weighted by atomic mass is 16.2. The summed E-state index contributed by atoms with van der Waals surface area (Å²) in [6, 6.07) is 18.6. The number of nitrogens with zero attached hydrogens (tertiary/aromatic N) is 2. The normalized spacial score (nSPS) is 17.5. The summed E-state index contributed by atoms with van der Waals surface area (Å²) in [7, 11) is 0. The van der Waals surface area contributed by atoms with Crippen molar-refractivity contribution in [3.05, 3.63) is 60.2 Å². The fourth-order valence-electron chi connectivity index (χ4n) is 4.00. The topological polar surface area (TPSA) is 40.6 Å². The number of rotatable bonds is 6. The monoisotopic (exact) mass is 378 g/mol. The van der Waals surface area contributed by atoms with Crippen LogP contribution in [0, 0.1) is 5.92 Å². The van der Waals surface area contributed by atoms with E-state index in [0.717, 1.165) is 29.7 Å². The first-order valence-electron chi connectivity index (χ1n) is 10.3. The van der Waals surface area contributed by atoms with Crippen LogP contribution in [0.4, 0.5) is 0 Å². The molecule has 0 saturated carbocycles. The van der Waals surface area contributed by atoms with Crippen molar-refractivity contribution < 1.29 is 9.59 Å². The van der Waals surface area contributed by atoms with Gasteiger partial charge >= 0.3 is 0 Å². The van der Waals surface area contributed by atoms with Crippen LogP contribution in [0.1, 0.15) is 32.3 Å². The number of hydrogen-bond acceptors (Lipinski definition) is 2. The van der Waals surface area contributed by atoms with Crippen LogP contribution in [0.5, 0.6) is 0 Å². The molecule has 2 aromatic carbocycles. The second-order valence-corrected chi connectivity index (χ2v) is 7.44. The minimum atomic E-state index is -0.200. The van der Waals surface area contributed by atoms with E-state index in [2.05, 4.69) is 31.2 Å². The SMILES string of the molecule is CCCN1CCN(C(=O)CC)CC(Cc2ccccc2-c2ccccc2)C1=O. The maximum Gasteiger partial charge on any atom is 0.227 e. The summed E-state index contributed by atoms with van der Waals surface area (Å²) in [6.07, 6.45) is 2.06. The van der Waals surface area contributed by atoms with E-state index in [-0.39, 0.29) is 17.7 Å². The van der Waals surface area contributed by atoms with Crippen molar-refractivity contribution in [1.29, 1.82) is 0 Å². The largest absolute Gasteiger partial charge is 0.341 e. The average molecular weight is 379 g/mol. The number of benzene rings is 2. The third kappa shape index (κ3) is 4.61. The van der Waals surface area contributed by atoms with E-state index in [9.17, 15) is 9.59 Å². The molecule has 0 N–H and O–H groups in total. The van der Waals surface area contributed by atoms with Crippen LogP contribution < -0.4 is 0 Å². The molecule has 0 aliphatic carbocycles. The zero-order valence-electron chi connectivity index (χ0n) is 16.9. The number of hydrogen-bond donors (Lipinski definition) is 0. The van der Waals surface area contributed by atoms with Gasteiger partial charge in [-0.2, -0.15) is 0 Å². The number of carbonyl (C=O) groups is 2. The minimum Gasteiger partial charge on any atom is -0.341 e. The van der Waals surface area contributed by atoms with E-state index >= 15 is 0 Å². The van der Waals surface area contributed by atoms with Gasteiger partial charge in [0.1, 0.15) is 0 Å². The Morgan fingerprint density at radius 1 is 1.00 bits per heavy atom. The second-order valence-electron chi connectivity index (χ2n) is 7.44. The molecule has 1 saturated heterocycles. The van der Waals surface area contributed by atoms with Gasteiger partial charge in [0.2, 0.25) is 11.8 Å². The summed E-state index contributed by atoms with van der Waals surface area (Å²) >= 11 is 0. The highest BCUT2D eigenvalue weighted by Gasteiger charge is 2.32. The van der Waals surface area contributed by atoms with Crippen molar-refractivity contribution in [3.63, 3.8) is 0 Å². The predicted octanol–water partition coefficient (Wildman–Crippen LogP) is 4.00. The molecular formula is C24H30N2O2. The highest BCUT2D eigenvalue weighted by molar-refractivity contribution is 5.82. The smallest absolute Gasteiger partial charge is 0.227 e. The van der Waals surface area contributed by atoms with E-state index in [0.29, 0.717) is 32.5 Å². The lowest BCUT2D eigenvalue weighted by atomic mass is 9.91. The van der Waals surface area contributed by atoms with Crippen LogP contribution in [0.3, 0.4) is 0 Å². The maximum absolute atomic E-state index is 13.2. The fraction of sp³-hybridized carbons (Fsp3) is 0.417. The molecule has 4 nitrogen and oxygen atoms in total. The third-order valence-electron chi connectivity index (χ3n) is 5.46. The minimum absolute atomic E-state index is 0.132. The molecule has 0 aromatic heterocycles. The average Bonchev–Trinajstić information content (AvgIpc) is 2.89. The molecule has 1 fully saturated rings. The molecule has 1 atom stereocenters. The fourth-order valence-corrected chi connectivity index (χ4v) is 4.00. The van der Waals surface area contributed by atoms with Gasteiger partial charge in [-0.05, 0) is 29.5 Å². The van der Waals surface area contributed by atoms with Gasteiger partial charge in [-0.15, -0.1) is 0 Å². The Bertz CT molecular complexity index is 803. The molecule has 1 unspecified atom stereocenters. The molecule has 2 amide bonds. The summed E-state index contributed by atoms with van der Waals surface area (Å²) in [4.78, 5) is 29.4. The van der Waals surface area contributed by atoms with Crippen LogP contribution in [-0.2, 0) is 16.0 Å². The number of amides is 2. The summed E-state index contributed by atoms with van der Waals surface area (Å²) in [5.41, 5.74) is 3.48. The van der Waals surface area contributed by atoms with E-state index in [1.165, 1.54) is 0 Å². The standard InChI is InChI=1S/C24H30N2O2/c1-3-14-25-15-16-26(23(27)4-2)18-21(24(25)28)17-20-12-8-9-13-22(20)19-10-6-5-7-11-19/h5-13,21H,3-4,14-18H2,1-2H3. The van der Waals surface area contributed by atoms with Gasteiger partial charge in [0, 0.05) is 32.6 Å². The molecule has 3 rings (SSSR count). The molecule has 0 bridgehead atoms. The van der Waals surface area contributed by atoms with Gasteiger partial charge in [-0.3, -0.25) is 9.59 Å². The van der Waals surface area contributed by atoms with Gasteiger partial charge < -0.3 is 9.80 Å². The van der Waals surface area contributed by atoms with Crippen LogP contribution >= 0.6 is 0 Å². The first kappa shape index (κ1) is 20.1. The Balaban J connectivity index is 1.90. The third-order valence-corrected chi connectivity index (χ3v) is 5.46. The van der Waals surface area contributed by atoms with Crippen molar-refractivity contribution >= 4 is 11.8 Å². The van der Waals surface area contributed by atoms with Crippen LogP contribution in [0.25, 0.3) is 11.1 Å². The lowest BCUT2D eigenvalue weighted by Gasteiger charge is -2.24. The van der Waals surface area contributed by atoms with E-state index in [4.69, 9.17) is 0 Å². The van der Waals surface area contributed by atoms with Crippen molar-refractivity contribution in [3.8, 4) is 11.1 Å². The summed E-state index contributed by atoms with van der Waals surface area (Å²) in [5, 5.41) is 0. The zero-order chi connectivity index (χ0) is 19.9. The molecule has 0 spiro atoms. The Hall–Kier alpha value is -2.62. The van der Waals surface area contributed by atoms with Gasteiger partial charge in [0.25, 0.3) is 0 Å². The molecule has 0 radical (unpaired) electrons. The summed E-state index contributed by atoms with van der Waals surface area (Å²) < 4.78 is 0. The van der Waals surface area contributed by atoms with Crippen molar-refractivity contribution in [2.45, 2.75) is 33.1 Å². The molecule has 1 aliphatic heterocycles. The highest BCUT2D eigenvalue weighted by Crippen LogP contribution is 2.27. The van der Waals surface area contributed by atoms with Gasteiger partial charge in [0.05, 0.1) is 5.92 Å². The van der Waals surface area contributed by atoms with E-state index in [1.54, 1.807) is 0 Å². The first-order chi connectivity index (χ1) is 13.6. The van der Waals surface area contributed by atoms with Gasteiger partial charge in [-0.1, -0.05) is 68.4 Å². The molecule has 148 valence electrons. The Morgan fingerprint density at radius 2 is 1.71 bits per heavy atom. The molecule has 1 heterocycles. The van der Waals surface area contributed by atoms with Crippen molar-refractivity contribution in [1.82, 2.24) is 9.80 Å². The number of carbonyl (C=O) groups excluding carboxylic acids is 2. The second kappa shape index (κ2) is 9.54. The van der Waals surface area contributed by atoms with Crippen LogP contribution in [0.15, 0.2) is 54.6 Å². The quantitative estimate of drug-likeness (QED) is 0.762. The molecule has 1 aliphatic rings. The molecule has 28 heavy (non-hydrogen) atoms. The first-order valence-corrected chi connectivity index (χ1v) is 10.3. The lowest BCUT2D eigenvalue weighted by Crippen LogP contribution is -2.38. The van der Waals surface area contributed by atoms with Gasteiger partial charge in [0.15, 0.2) is 0 Å². The molecular weight excluding hydrogens is 348 g/mol. The molecule has 4 heteroatoms. The Labute approximate surface area is 168 Å². The molecule has 2 aromatic rings.